The third kappa shape index (κ3) is 2.92. The third-order valence-electron chi connectivity index (χ3n) is 3.44. The first-order chi connectivity index (χ1) is 10.5. The molecule has 0 fully saturated rings. The van der Waals surface area contributed by atoms with Crippen LogP contribution in [0.25, 0.3) is 0 Å². The zero-order chi connectivity index (χ0) is 15.7. The molecular weight excluding hydrogens is 290 g/mol. The molecule has 1 heterocycles. The van der Waals surface area contributed by atoms with E-state index in [1.807, 2.05) is 6.07 Å². The molecule has 0 radical (unpaired) electrons. The van der Waals surface area contributed by atoms with Crippen molar-refractivity contribution in [2.75, 3.05) is 11.9 Å². The molecule has 3 rings (SSSR count). The standard InChI is InChI=1S/C16H14F2N2O2/c17-13-4-2-10(6-14(13)18)16(21)20-12-3-1-9-5-11(19)8-22-15(9)7-12/h1-4,6-7,11H,5,8,19H2,(H,20,21)/t11-/m1/s1. The molecule has 4 nitrogen and oxygen atoms in total. The number of ether oxygens (including phenoxy) is 1. The van der Waals surface area contributed by atoms with E-state index < -0.39 is 17.5 Å². The van der Waals surface area contributed by atoms with E-state index >= 15 is 0 Å². The van der Waals surface area contributed by atoms with Gasteiger partial charge >= 0.3 is 0 Å². The number of carbonyl (C=O) groups excluding carboxylic acids is 1. The minimum atomic E-state index is -1.06. The van der Waals surface area contributed by atoms with Crippen LogP contribution in [0.1, 0.15) is 15.9 Å². The number of carbonyl (C=O) groups is 1. The molecule has 22 heavy (non-hydrogen) atoms. The van der Waals surface area contributed by atoms with Crippen LogP contribution < -0.4 is 15.8 Å². The molecule has 114 valence electrons. The molecule has 1 aliphatic heterocycles. The number of hydrogen-bond acceptors (Lipinski definition) is 3. The summed E-state index contributed by atoms with van der Waals surface area (Å²) in [5.74, 6) is -1.90. The fourth-order valence-electron chi connectivity index (χ4n) is 2.31. The highest BCUT2D eigenvalue weighted by molar-refractivity contribution is 6.04. The molecule has 0 spiro atoms. The summed E-state index contributed by atoms with van der Waals surface area (Å²) in [6, 6.07) is 8.21. The van der Waals surface area contributed by atoms with E-state index in [1.165, 1.54) is 6.07 Å². The van der Waals surface area contributed by atoms with Gasteiger partial charge in [0, 0.05) is 23.4 Å². The van der Waals surface area contributed by atoms with Gasteiger partial charge in [-0.1, -0.05) is 6.07 Å². The maximum Gasteiger partial charge on any atom is 0.255 e. The number of rotatable bonds is 2. The predicted molar refractivity (Wildman–Crippen MR) is 77.9 cm³/mol. The molecule has 6 heteroatoms. The van der Waals surface area contributed by atoms with Crippen molar-refractivity contribution in [1.82, 2.24) is 0 Å². The highest BCUT2D eigenvalue weighted by atomic mass is 19.2. The molecule has 0 aromatic heterocycles. The van der Waals surface area contributed by atoms with Crippen LogP contribution in [0.15, 0.2) is 36.4 Å². The van der Waals surface area contributed by atoms with Crippen LogP contribution in [-0.4, -0.2) is 18.6 Å². The summed E-state index contributed by atoms with van der Waals surface area (Å²) in [6.07, 6.45) is 0.715. The molecule has 1 atom stereocenters. The van der Waals surface area contributed by atoms with Crippen LogP contribution in [0.4, 0.5) is 14.5 Å². The van der Waals surface area contributed by atoms with Gasteiger partial charge in [0.25, 0.3) is 5.91 Å². The van der Waals surface area contributed by atoms with Crippen molar-refractivity contribution >= 4 is 11.6 Å². The minimum Gasteiger partial charge on any atom is -0.492 e. The van der Waals surface area contributed by atoms with Crippen molar-refractivity contribution in [3.05, 3.63) is 59.2 Å². The van der Waals surface area contributed by atoms with Crippen molar-refractivity contribution in [3.63, 3.8) is 0 Å². The van der Waals surface area contributed by atoms with E-state index in [4.69, 9.17) is 10.5 Å². The average molecular weight is 304 g/mol. The van der Waals surface area contributed by atoms with Crippen molar-refractivity contribution in [3.8, 4) is 5.75 Å². The number of halogens is 2. The number of nitrogens with one attached hydrogen (secondary N) is 1. The Bertz CT molecular complexity index is 734. The Morgan fingerprint density at radius 1 is 1.18 bits per heavy atom. The maximum atomic E-state index is 13.2. The number of hydrogen-bond donors (Lipinski definition) is 2. The van der Waals surface area contributed by atoms with Crippen LogP contribution in [0.2, 0.25) is 0 Å². The van der Waals surface area contributed by atoms with Gasteiger partial charge in [0.1, 0.15) is 12.4 Å². The van der Waals surface area contributed by atoms with E-state index in [0.717, 1.165) is 17.7 Å². The van der Waals surface area contributed by atoms with Crippen molar-refractivity contribution in [2.24, 2.45) is 5.73 Å². The van der Waals surface area contributed by atoms with E-state index in [-0.39, 0.29) is 11.6 Å². The number of amides is 1. The summed E-state index contributed by atoms with van der Waals surface area (Å²) in [5.41, 5.74) is 7.35. The number of benzene rings is 2. The minimum absolute atomic E-state index is 0.0323. The summed E-state index contributed by atoms with van der Waals surface area (Å²) in [4.78, 5) is 12.0. The molecule has 0 saturated heterocycles. The number of anilines is 1. The average Bonchev–Trinajstić information content (AvgIpc) is 2.50. The monoisotopic (exact) mass is 304 g/mol. The molecule has 2 aromatic carbocycles. The normalized spacial score (nSPS) is 16.6. The first-order valence-corrected chi connectivity index (χ1v) is 6.80. The highest BCUT2D eigenvalue weighted by Gasteiger charge is 2.17. The molecule has 0 aliphatic carbocycles. The lowest BCUT2D eigenvalue weighted by molar-refractivity contribution is 0.102. The first kappa shape index (κ1) is 14.5. The second-order valence-corrected chi connectivity index (χ2v) is 5.18. The van der Waals surface area contributed by atoms with Gasteiger partial charge in [0.05, 0.1) is 0 Å². The van der Waals surface area contributed by atoms with Crippen molar-refractivity contribution in [2.45, 2.75) is 12.5 Å². The van der Waals surface area contributed by atoms with Crippen molar-refractivity contribution < 1.29 is 18.3 Å². The van der Waals surface area contributed by atoms with Gasteiger partial charge in [-0.3, -0.25) is 4.79 Å². The number of fused-ring (bicyclic) bond motifs is 1. The lowest BCUT2D eigenvalue weighted by Crippen LogP contribution is -2.33. The molecule has 3 N–H and O–H groups in total. The Balaban J connectivity index is 1.78. The molecule has 2 aromatic rings. The predicted octanol–water partition coefficient (Wildman–Crippen LogP) is 2.48. The van der Waals surface area contributed by atoms with Crippen LogP contribution >= 0.6 is 0 Å². The highest BCUT2D eigenvalue weighted by Crippen LogP contribution is 2.28. The first-order valence-electron chi connectivity index (χ1n) is 6.80. The van der Waals surface area contributed by atoms with E-state index in [2.05, 4.69) is 5.32 Å². The topological polar surface area (TPSA) is 64.3 Å². The second-order valence-electron chi connectivity index (χ2n) is 5.18. The second kappa shape index (κ2) is 5.73. The lowest BCUT2D eigenvalue weighted by Gasteiger charge is -2.23. The number of nitrogens with two attached hydrogens (primary N) is 1. The van der Waals surface area contributed by atoms with Crippen LogP contribution in [0.3, 0.4) is 0 Å². The SMILES string of the molecule is N[C@H]1COc2cc(NC(=O)c3ccc(F)c(F)c3)ccc2C1. The quantitative estimate of drug-likeness (QED) is 0.896. The smallest absolute Gasteiger partial charge is 0.255 e. The van der Waals surface area contributed by atoms with Crippen LogP contribution in [0, 0.1) is 11.6 Å². The Morgan fingerprint density at radius 2 is 2.00 bits per heavy atom. The molecule has 0 saturated carbocycles. The van der Waals surface area contributed by atoms with Gasteiger partial charge in [-0.2, -0.15) is 0 Å². The van der Waals surface area contributed by atoms with Crippen LogP contribution in [0.5, 0.6) is 5.75 Å². The lowest BCUT2D eigenvalue weighted by atomic mass is 10.0. The van der Waals surface area contributed by atoms with E-state index in [0.29, 0.717) is 24.5 Å². The van der Waals surface area contributed by atoms with Gasteiger partial charge in [0.15, 0.2) is 11.6 Å². The fourth-order valence-corrected chi connectivity index (χ4v) is 2.31. The molecule has 0 unspecified atom stereocenters. The van der Waals surface area contributed by atoms with Crippen LogP contribution in [-0.2, 0) is 6.42 Å². The summed E-state index contributed by atoms with van der Waals surface area (Å²) in [7, 11) is 0. The largest absolute Gasteiger partial charge is 0.492 e. The summed E-state index contributed by atoms with van der Waals surface area (Å²) >= 11 is 0. The molecule has 0 bridgehead atoms. The zero-order valence-corrected chi connectivity index (χ0v) is 11.6. The Kier molecular flexibility index (Phi) is 3.77. The van der Waals surface area contributed by atoms with Gasteiger partial charge in [-0.25, -0.2) is 8.78 Å². The fraction of sp³-hybridized carbons (Fsp3) is 0.188. The Hall–Kier alpha value is -2.47. The van der Waals surface area contributed by atoms with Gasteiger partial charge < -0.3 is 15.8 Å². The summed E-state index contributed by atoms with van der Waals surface area (Å²) < 4.78 is 31.5. The summed E-state index contributed by atoms with van der Waals surface area (Å²) in [5, 5.41) is 2.63. The summed E-state index contributed by atoms with van der Waals surface area (Å²) in [6.45, 7) is 0.424. The maximum absolute atomic E-state index is 13.2. The molecule has 1 amide bonds. The van der Waals surface area contributed by atoms with Gasteiger partial charge in [-0.05, 0) is 36.2 Å². The van der Waals surface area contributed by atoms with Crippen molar-refractivity contribution in [1.29, 1.82) is 0 Å². The van der Waals surface area contributed by atoms with Gasteiger partial charge in [0.2, 0.25) is 0 Å². The van der Waals surface area contributed by atoms with E-state index in [9.17, 15) is 13.6 Å². The van der Waals surface area contributed by atoms with Gasteiger partial charge in [-0.15, -0.1) is 0 Å². The third-order valence-corrected chi connectivity index (χ3v) is 3.44. The molecule has 1 aliphatic rings. The Labute approximate surface area is 125 Å². The molecular formula is C16H14F2N2O2. The Morgan fingerprint density at radius 3 is 2.77 bits per heavy atom. The van der Waals surface area contributed by atoms with E-state index in [1.54, 1.807) is 12.1 Å². The zero-order valence-electron chi connectivity index (χ0n) is 11.6.